The van der Waals surface area contributed by atoms with Crippen molar-refractivity contribution in [2.75, 3.05) is 6.61 Å². The minimum atomic E-state index is 0.0600. The normalized spacial score (nSPS) is 17.9. The molecule has 1 aliphatic heterocycles. The first-order valence-corrected chi connectivity index (χ1v) is 6.60. The van der Waals surface area contributed by atoms with Gasteiger partial charge in [-0.25, -0.2) is 4.68 Å². The summed E-state index contributed by atoms with van der Waals surface area (Å²) in [5, 5.41) is 13.5. The van der Waals surface area contributed by atoms with Crippen LogP contribution in [-0.2, 0) is 11.8 Å². The van der Waals surface area contributed by atoms with Crippen LogP contribution in [0.2, 0.25) is 0 Å². The van der Waals surface area contributed by atoms with Gasteiger partial charge in [-0.15, -0.1) is 0 Å². The van der Waals surface area contributed by atoms with Gasteiger partial charge in [-0.05, 0) is 25.0 Å². The molecule has 1 aromatic heterocycles. The molecule has 2 heterocycles. The maximum Gasteiger partial charge on any atom is 0.217 e. The third-order valence-corrected chi connectivity index (χ3v) is 3.34. The summed E-state index contributed by atoms with van der Waals surface area (Å²) in [5.41, 5.74) is 1.39. The van der Waals surface area contributed by atoms with Crippen molar-refractivity contribution in [1.82, 2.24) is 9.78 Å². The van der Waals surface area contributed by atoms with E-state index in [-0.39, 0.29) is 6.10 Å². The van der Waals surface area contributed by atoms with E-state index >= 15 is 0 Å². The van der Waals surface area contributed by atoms with E-state index in [4.69, 9.17) is 14.7 Å². The Hall–Kier alpha value is -2.32. The molecule has 0 bridgehead atoms. The van der Waals surface area contributed by atoms with Gasteiger partial charge >= 0.3 is 0 Å². The maximum absolute atomic E-state index is 9.07. The molecule has 1 aliphatic rings. The molecule has 0 radical (unpaired) electrons. The van der Waals surface area contributed by atoms with Crippen molar-refractivity contribution < 1.29 is 9.47 Å². The Morgan fingerprint density at radius 3 is 3.05 bits per heavy atom. The van der Waals surface area contributed by atoms with Crippen LogP contribution >= 0.6 is 0 Å². The Kier molecular flexibility index (Phi) is 3.40. The van der Waals surface area contributed by atoms with Gasteiger partial charge in [0.25, 0.3) is 0 Å². The number of rotatable bonds is 3. The van der Waals surface area contributed by atoms with E-state index in [9.17, 15) is 0 Å². The fourth-order valence-electron chi connectivity index (χ4n) is 2.30. The van der Waals surface area contributed by atoms with E-state index in [0.29, 0.717) is 17.2 Å². The molecule has 0 aliphatic carbocycles. The molecule has 5 nitrogen and oxygen atoms in total. The van der Waals surface area contributed by atoms with Crippen molar-refractivity contribution >= 4 is 0 Å². The molecule has 0 unspecified atom stereocenters. The van der Waals surface area contributed by atoms with Crippen molar-refractivity contribution in [3.63, 3.8) is 0 Å². The van der Waals surface area contributed by atoms with Gasteiger partial charge in [-0.1, -0.05) is 12.1 Å². The third kappa shape index (κ3) is 2.38. The Labute approximate surface area is 117 Å². The summed E-state index contributed by atoms with van der Waals surface area (Å²) in [6, 6.07) is 11.2. The molecule has 3 rings (SSSR count). The Bertz CT molecular complexity index is 651. The van der Waals surface area contributed by atoms with Gasteiger partial charge in [0, 0.05) is 19.7 Å². The molecule has 5 heteroatoms. The van der Waals surface area contributed by atoms with E-state index in [0.717, 1.165) is 25.1 Å². The summed E-state index contributed by atoms with van der Waals surface area (Å²) < 4.78 is 13.1. The zero-order chi connectivity index (χ0) is 13.9. The number of hydrogen-bond donors (Lipinski definition) is 0. The van der Waals surface area contributed by atoms with Gasteiger partial charge in [0.2, 0.25) is 5.88 Å². The maximum atomic E-state index is 9.07. The first-order chi connectivity index (χ1) is 9.78. The fraction of sp³-hybridized carbons (Fsp3) is 0.333. The number of aryl methyl sites for hydroxylation is 1. The van der Waals surface area contributed by atoms with Crippen molar-refractivity contribution in [3.8, 4) is 17.7 Å². The van der Waals surface area contributed by atoms with E-state index in [2.05, 4.69) is 11.2 Å². The van der Waals surface area contributed by atoms with Crippen molar-refractivity contribution in [3.05, 3.63) is 41.6 Å². The lowest BCUT2D eigenvalue weighted by Gasteiger charge is -2.06. The van der Waals surface area contributed by atoms with Crippen LogP contribution in [0.1, 0.15) is 30.2 Å². The molecule has 1 atom stereocenters. The molecule has 102 valence electrons. The van der Waals surface area contributed by atoms with Crippen LogP contribution in [-0.4, -0.2) is 16.4 Å². The van der Waals surface area contributed by atoms with Crippen LogP contribution in [0.5, 0.6) is 11.6 Å². The van der Waals surface area contributed by atoms with Crippen LogP contribution in [0.4, 0.5) is 0 Å². The Balaban J connectivity index is 1.86. The molecular weight excluding hydrogens is 254 g/mol. The topological polar surface area (TPSA) is 60.1 Å². The number of nitrogens with zero attached hydrogens (tertiary/aromatic N) is 3. The van der Waals surface area contributed by atoms with Crippen LogP contribution < -0.4 is 4.74 Å². The van der Waals surface area contributed by atoms with Gasteiger partial charge in [-0.3, -0.25) is 0 Å². The highest BCUT2D eigenvalue weighted by Gasteiger charge is 2.22. The molecule has 0 N–H and O–H groups in total. The van der Waals surface area contributed by atoms with Crippen LogP contribution in [0, 0.1) is 11.3 Å². The molecule has 0 amide bonds. The highest BCUT2D eigenvalue weighted by molar-refractivity contribution is 5.44. The average Bonchev–Trinajstić information content (AvgIpc) is 3.10. The largest absolute Gasteiger partial charge is 0.438 e. The summed E-state index contributed by atoms with van der Waals surface area (Å²) in [6.07, 6.45) is 2.12. The minimum Gasteiger partial charge on any atom is -0.438 e. The van der Waals surface area contributed by atoms with Crippen molar-refractivity contribution in [2.45, 2.75) is 18.9 Å². The van der Waals surface area contributed by atoms with Crippen LogP contribution in [0.15, 0.2) is 30.3 Å². The summed E-state index contributed by atoms with van der Waals surface area (Å²) in [4.78, 5) is 0. The number of hydrogen-bond acceptors (Lipinski definition) is 4. The lowest BCUT2D eigenvalue weighted by Crippen LogP contribution is -1.99. The van der Waals surface area contributed by atoms with Gasteiger partial charge in [-0.2, -0.15) is 10.4 Å². The van der Waals surface area contributed by atoms with Crippen LogP contribution in [0.3, 0.4) is 0 Å². The highest BCUT2D eigenvalue weighted by atomic mass is 16.5. The lowest BCUT2D eigenvalue weighted by atomic mass is 10.2. The van der Waals surface area contributed by atoms with Gasteiger partial charge in [0.05, 0.1) is 11.3 Å². The standard InChI is InChI=1S/C15H15N3O2/c1-18-15(9-12(17-18)14-7-4-8-19-14)20-13-6-3-2-5-11(13)10-16/h2-3,5-6,9,14H,4,7-8H2,1H3/t14-/m1/s1. The second-order valence-corrected chi connectivity index (χ2v) is 4.74. The Morgan fingerprint density at radius 1 is 1.45 bits per heavy atom. The molecular formula is C15H15N3O2. The fourth-order valence-corrected chi connectivity index (χ4v) is 2.30. The number of para-hydroxylation sites is 1. The van der Waals surface area contributed by atoms with Crippen molar-refractivity contribution in [2.24, 2.45) is 7.05 Å². The quantitative estimate of drug-likeness (QED) is 0.859. The molecule has 20 heavy (non-hydrogen) atoms. The zero-order valence-corrected chi connectivity index (χ0v) is 11.2. The van der Waals surface area contributed by atoms with Crippen LogP contribution in [0.25, 0.3) is 0 Å². The van der Waals surface area contributed by atoms with E-state index in [1.807, 2.05) is 25.2 Å². The summed E-state index contributed by atoms with van der Waals surface area (Å²) in [6.45, 7) is 0.786. The first kappa shape index (κ1) is 12.7. The monoisotopic (exact) mass is 269 g/mol. The van der Waals surface area contributed by atoms with E-state index in [1.54, 1.807) is 16.8 Å². The predicted octanol–water partition coefficient (Wildman–Crippen LogP) is 2.94. The number of nitriles is 1. The molecule has 0 spiro atoms. The zero-order valence-electron chi connectivity index (χ0n) is 11.2. The second-order valence-electron chi connectivity index (χ2n) is 4.74. The second kappa shape index (κ2) is 5.35. The number of benzene rings is 1. The third-order valence-electron chi connectivity index (χ3n) is 3.34. The summed E-state index contributed by atoms with van der Waals surface area (Å²) in [5.74, 6) is 1.15. The SMILES string of the molecule is Cn1nc([C@H]2CCCO2)cc1Oc1ccccc1C#N. The highest BCUT2D eigenvalue weighted by Crippen LogP contribution is 2.31. The number of aromatic nitrogens is 2. The summed E-state index contributed by atoms with van der Waals surface area (Å²) in [7, 11) is 1.82. The average molecular weight is 269 g/mol. The molecule has 1 saturated heterocycles. The predicted molar refractivity (Wildman–Crippen MR) is 72.4 cm³/mol. The Morgan fingerprint density at radius 2 is 2.30 bits per heavy atom. The molecule has 1 fully saturated rings. The first-order valence-electron chi connectivity index (χ1n) is 6.60. The van der Waals surface area contributed by atoms with Crippen molar-refractivity contribution in [1.29, 1.82) is 5.26 Å². The molecule has 1 aromatic carbocycles. The molecule has 2 aromatic rings. The van der Waals surface area contributed by atoms with Gasteiger partial charge in [0.15, 0.2) is 0 Å². The van der Waals surface area contributed by atoms with Gasteiger partial charge < -0.3 is 9.47 Å². The van der Waals surface area contributed by atoms with E-state index in [1.165, 1.54) is 0 Å². The van der Waals surface area contributed by atoms with E-state index < -0.39 is 0 Å². The molecule has 0 saturated carbocycles. The smallest absolute Gasteiger partial charge is 0.217 e. The number of ether oxygens (including phenoxy) is 2. The summed E-state index contributed by atoms with van der Waals surface area (Å²) >= 11 is 0. The van der Waals surface area contributed by atoms with Gasteiger partial charge in [0.1, 0.15) is 17.9 Å². The minimum absolute atomic E-state index is 0.0600. The lowest BCUT2D eigenvalue weighted by molar-refractivity contribution is 0.108.